The van der Waals surface area contributed by atoms with Crippen molar-refractivity contribution in [2.24, 2.45) is 5.92 Å². The van der Waals surface area contributed by atoms with E-state index in [9.17, 15) is 14.4 Å². The molecule has 1 saturated carbocycles. The predicted octanol–water partition coefficient (Wildman–Crippen LogP) is 4.35. The van der Waals surface area contributed by atoms with Crippen LogP contribution in [-0.4, -0.2) is 34.4 Å². The van der Waals surface area contributed by atoms with E-state index in [-0.39, 0.29) is 23.8 Å². The number of rotatable bonds is 5. The van der Waals surface area contributed by atoms with Crippen LogP contribution in [0, 0.1) is 23.2 Å². The summed E-state index contributed by atoms with van der Waals surface area (Å²) in [5.74, 6) is 1.12. The van der Waals surface area contributed by atoms with Crippen LogP contribution in [-0.2, 0) is 0 Å². The second-order valence-corrected chi connectivity index (χ2v) is 8.24. The van der Waals surface area contributed by atoms with Gasteiger partial charge in [0.25, 0.3) is 5.91 Å². The maximum atomic E-state index is 13.2. The fraction of sp³-hybridized carbons (Fsp3) is 0.240. The normalized spacial score (nSPS) is 21.2. The zero-order valence-electron chi connectivity index (χ0n) is 17.2. The number of halogens is 1. The van der Waals surface area contributed by atoms with Gasteiger partial charge in [-0.15, -0.1) is 0 Å². The van der Waals surface area contributed by atoms with Crippen molar-refractivity contribution in [1.29, 1.82) is 5.26 Å². The van der Waals surface area contributed by atoms with Crippen molar-refractivity contribution >= 4 is 5.91 Å². The number of hydrogen-bond donors (Lipinski definition) is 1. The largest absolute Gasteiger partial charge is 0.457 e. The first kappa shape index (κ1) is 20.0. The number of nitriles is 1. The summed E-state index contributed by atoms with van der Waals surface area (Å²) < 4.78 is 19.1. The molecule has 1 aliphatic heterocycles. The Balaban J connectivity index is 1.30. The number of fused-ring (bicyclic) bond motifs is 2. The summed E-state index contributed by atoms with van der Waals surface area (Å²) in [4.78, 5) is 18.8. The Labute approximate surface area is 185 Å². The van der Waals surface area contributed by atoms with Crippen LogP contribution in [0.1, 0.15) is 23.2 Å². The summed E-state index contributed by atoms with van der Waals surface area (Å²) in [6.45, 7) is 0.801. The molecule has 0 spiro atoms. The summed E-state index contributed by atoms with van der Waals surface area (Å²) in [7, 11) is 0. The fourth-order valence-corrected chi connectivity index (χ4v) is 4.67. The summed E-state index contributed by atoms with van der Waals surface area (Å²) >= 11 is 0. The van der Waals surface area contributed by atoms with Crippen molar-refractivity contribution in [3.05, 3.63) is 78.4 Å². The third-order valence-electron chi connectivity index (χ3n) is 6.21. The van der Waals surface area contributed by atoms with Gasteiger partial charge in [0.05, 0.1) is 12.1 Å². The quantitative estimate of drug-likeness (QED) is 0.611. The van der Waals surface area contributed by atoms with Crippen molar-refractivity contribution < 1.29 is 13.9 Å². The van der Waals surface area contributed by atoms with Crippen LogP contribution in [0.4, 0.5) is 4.39 Å². The Morgan fingerprint density at radius 1 is 1.12 bits per heavy atom. The van der Waals surface area contributed by atoms with Crippen molar-refractivity contribution in [2.45, 2.75) is 24.9 Å². The summed E-state index contributed by atoms with van der Waals surface area (Å²) in [5, 5.41) is 12.4. The Hall–Kier alpha value is -3.92. The second kappa shape index (κ2) is 8.31. The first-order valence-electron chi connectivity index (χ1n) is 10.6. The van der Waals surface area contributed by atoms with E-state index in [2.05, 4.69) is 16.5 Å². The summed E-state index contributed by atoms with van der Waals surface area (Å²) in [6.07, 6.45) is 7.45. The summed E-state index contributed by atoms with van der Waals surface area (Å²) in [5.41, 5.74) is 2.17. The number of likely N-dealkylation sites (tertiary alicyclic amines) is 1. The van der Waals surface area contributed by atoms with Crippen LogP contribution >= 0.6 is 0 Å². The number of aromatic nitrogens is 1. The molecule has 5 rings (SSSR count). The molecule has 2 fully saturated rings. The van der Waals surface area contributed by atoms with Gasteiger partial charge < -0.3 is 15.0 Å². The van der Waals surface area contributed by atoms with Crippen molar-refractivity contribution in [3.8, 4) is 28.8 Å². The number of piperidine rings is 1. The third-order valence-corrected chi connectivity index (χ3v) is 6.21. The number of benzene rings is 2. The molecule has 7 heteroatoms. The van der Waals surface area contributed by atoms with Crippen LogP contribution in [0.15, 0.2) is 67.0 Å². The highest BCUT2D eigenvalue weighted by atomic mass is 19.1. The maximum absolute atomic E-state index is 13.2. The van der Waals surface area contributed by atoms with Gasteiger partial charge in [0.15, 0.2) is 6.19 Å². The van der Waals surface area contributed by atoms with Crippen molar-refractivity contribution in [3.63, 3.8) is 0 Å². The second-order valence-electron chi connectivity index (χ2n) is 8.24. The summed E-state index contributed by atoms with van der Waals surface area (Å²) in [6, 6.07) is 14.9. The molecule has 160 valence electrons. The number of amides is 1. The molecule has 2 heterocycles. The molecule has 6 nitrogen and oxygen atoms in total. The first-order valence-corrected chi connectivity index (χ1v) is 10.6. The molecule has 3 unspecified atom stereocenters. The molecule has 2 bridgehead atoms. The van der Waals surface area contributed by atoms with E-state index in [0.29, 0.717) is 23.0 Å². The molecule has 1 saturated heterocycles. The number of hydrogen-bond acceptors (Lipinski definition) is 5. The van der Waals surface area contributed by atoms with Gasteiger partial charge in [0.1, 0.15) is 17.3 Å². The first-order chi connectivity index (χ1) is 15.6. The number of ether oxygens (including phenoxy) is 1. The number of pyridine rings is 1. The van der Waals surface area contributed by atoms with E-state index in [4.69, 9.17) is 4.74 Å². The Morgan fingerprint density at radius 2 is 1.91 bits per heavy atom. The number of nitrogens with zero attached hydrogens (tertiary/aromatic N) is 3. The Morgan fingerprint density at radius 3 is 2.62 bits per heavy atom. The zero-order chi connectivity index (χ0) is 22.1. The molecule has 1 N–H and O–H groups in total. The molecular weight excluding hydrogens is 407 g/mol. The van der Waals surface area contributed by atoms with Gasteiger partial charge in [-0.3, -0.25) is 9.78 Å². The van der Waals surface area contributed by atoms with Gasteiger partial charge in [-0.2, -0.15) is 5.26 Å². The number of carbonyl (C=O) groups excluding carboxylic acids is 1. The minimum atomic E-state index is -0.327. The third kappa shape index (κ3) is 3.87. The van der Waals surface area contributed by atoms with E-state index in [1.54, 1.807) is 47.6 Å². The SMILES string of the molecule is N#CN1CC2CC(NC(=O)c3ccc(-c4cnccc4Oc4ccc(F)cc4)cc3)C1C2. The van der Waals surface area contributed by atoms with Gasteiger partial charge in [-0.1, -0.05) is 12.1 Å². The van der Waals surface area contributed by atoms with E-state index in [1.165, 1.54) is 12.1 Å². The van der Waals surface area contributed by atoms with E-state index in [1.807, 2.05) is 12.1 Å². The maximum Gasteiger partial charge on any atom is 0.251 e. The van der Waals surface area contributed by atoms with Crippen molar-refractivity contribution in [2.75, 3.05) is 6.54 Å². The lowest BCUT2D eigenvalue weighted by atomic mass is 10.0. The minimum absolute atomic E-state index is 0.00890. The number of nitrogens with one attached hydrogen (secondary N) is 1. The van der Waals surface area contributed by atoms with Crippen LogP contribution in [0.5, 0.6) is 11.5 Å². The van der Waals surface area contributed by atoms with Crippen molar-refractivity contribution in [1.82, 2.24) is 15.2 Å². The minimum Gasteiger partial charge on any atom is -0.457 e. The lowest BCUT2D eigenvalue weighted by Crippen LogP contribution is -2.48. The average molecular weight is 428 g/mol. The molecule has 2 aliphatic rings. The van der Waals surface area contributed by atoms with Gasteiger partial charge in [-0.25, -0.2) is 4.39 Å². The highest BCUT2D eigenvalue weighted by molar-refractivity contribution is 5.95. The Bertz CT molecular complexity index is 1170. The van der Waals surface area contributed by atoms with E-state index in [0.717, 1.165) is 30.5 Å². The molecule has 1 aliphatic carbocycles. The molecular formula is C25H21FN4O2. The smallest absolute Gasteiger partial charge is 0.251 e. The van der Waals surface area contributed by atoms with Crippen LogP contribution < -0.4 is 10.1 Å². The van der Waals surface area contributed by atoms with E-state index < -0.39 is 0 Å². The Kier molecular flexibility index (Phi) is 5.20. The lowest BCUT2D eigenvalue weighted by molar-refractivity contribution is 0.0912. The highest BCUT2D eigenvalue weighted by Crippen LogP contribution is 2.37. The lowest BCUT2D eigenvalue weighted by Gasteiger charge is -2.29. The molecule has 1 amide bonds. The predicted molar refractivity (Wildman–Crippen MR) is 116 cm³/mol. The topological polar surface area (TPSA) is 78.3 Å². The highest BCUT2D eigenvalue weighted by Gasteiger charge is 2.45. The molecule has 1 aromatic heterocycles. The van der Waals surface area contributed by atoms with Crippen LogP contribution in [0.3, 0.4) is 0 Å². The van der Waals surface area contributed by atoms with Gasteiger partial charge >= 0.3 is 0 Å². The van der Waals surface area contributed by atoms with Gasteiger partial charge in [0, 0.05) is 30.1 Å². The fourth-order valence-electron chi connectivity index (χ4n) is 4.67. The van der Waals surface area contributed by atoms with Gasteiger partial charge in [0.2, 0.25) is 0 Å². The molecule has 32 heavy (non-hydrogen) atoms. The van der Waals surface area contributed by atoms with E-state index >= 15 is 0 Å². The van der Waals surface area contributed by atoms with Crippen LogP contribution in [0.2, 0.25) is 0 Å². The standard InChI is InChI=1S/C25H21FN4O2/c26-19-5-7-20(8-6-19)32-24-9-10-28-13-21(24)17-1-3-18(4-2-17)25(31)29-22-11-16-12-23(22)30(14-16)15-27/h1-10,13,16,22-23H,11-12,14H2,(H,29,31). The van der Waals surface area contributed by atoms with Crippen LogP contribution in [0.25, 0.3) is 11.1 Å². The molecule has 3 aromatic rings. The molecule has 2 aromatic carbocycles. The monoisotopic (exact) mass is 428 g/mol. The molecule has 0 radical (unpaired) electrons. The molecule has 3 atom stereocenters. The zero-order valence-corrected chi connectivity index (χ0v) is 17.2. The number of carbonyl (C=O) groups is 1. The average Bonchev–Trinajstić information content (AvgIpc) is 3.41. The van der Waals surface area contributed by atoms with Gasteiger partial charge in [-0.05, 0) is 66.8 Å².